The molecule has 0 radical (unpaired) electrons. The molecule has 0 saturated carbocycles. The minimum absolute atomic E-state index is 0.126. The van der Waals surface area contributed by atoms with E-state index in [1.807, 2.05) is 13.8 Å². The minimum atomic E-state index is -1.69. The Bertz CT molecular complexity index is 344. The number of carboxylic acids is 2. The second-order valence-electron chi connectivity index (χ2n) is 6.33. The predicted octanol–water partition coefficient (Wildman–Crippen LogP) is 4.96. The quantitative estimate of drug-likeness (QED) is 0.394. The molecule has 0 aromatic rings. The van der Waals surface area contributed by atoms with Crippen molar-refractivity contribution in [2.24, 2.45) is 16.7 Å². The molecule has 0 amide bonds. The fourth-order valence-electron chi connectivity index (χ4n) is 4.46. The number of aliphatic carboxylic acids is 2. The van der Waals surface area contributed by atoms with E-state index in [0.29, 0.717) is 12.8 Å². The van der Waals surface area contributed by atoms with Gasteiger partial charge in [-0.3, -0.25) is 9.59 Å². The maximum absolute atomic E-state index is 12.0. The Morgan fingerprint density at radius 3 is 1.64 bits per heavy atom. The number of hydrogen-bond acceptors (Lipinski definition) is 2. The number of hydrogen-bond donors (Lipinski definition) is 2. The maximum atomic E-state index is 12.0. The summed E-state index contributed by atoms with van der Waals surface area (Å²) in [6.45, 7) is 9.78. The third-order valence-electron chi connectivity index (χ3n) is 5.80. The molecule has 130 valence electrons. The molecule has 0 bridgehead atoms. The monoisotopic (exact) mass is 314 g/mol. The van der Waals surface area contributed by atoms with E-state index in [2.05, 4.69) is 13.8 Å². The van der Waals surface area contributed by atoms with Gasteiger partial charge in [0.15, 0.2) is 5.41 Å². The largest absolute Gasteiger partial charge is 0.480 e. The van der Waals surface area contributed by atoms with Crippen LogP contribution in [0.2, 0.25) is 0 Å². The standard InChI is InChI=1S/C18H34O4/c1-6-11-12-13-14(7-2)17(8-3,9-4)18(10-5,15(19)20)16(21)22/h14H,6-13H2,1-5H3,(H,19,20)(H,21,22). The number of unbranched alkanes of at least 4 members (excludes halogenated alkanes) is 2. The van der Waals surface area contributed by atoms with Crippen LogP contribution < -0.4 is 0 Å². The van der Waals surface area contributed by atoms with Crippen LogP contribution in [0.25, 0.3) is 0 Å². The zero-order chi connectivity index (χ0) is 17.4. The van der Waals surface area contributed by atoms with Crippen LogP contribution in [-0.4, -0.2) is 22.2 Å². The Labute approximate surface area is 135 Å². The average Bonchev–Trinajstić information content (AvgIpc) is 2.49. The summed E-state index contributed by atoms with van der Waals surface area (Å²) >= 11 is 0. The Morgan fingerprint density at radius 2 is 1.36 bits per heavy atom. The molecule has 1 atom stereocenters. The summed E-state index contributed by atoms with van der Waals surface area (Å²) in [5, 5.41) is 19.7. The van der Waals surface area contributed by atoms with Gasteiger partial charge in [-0.05, 0) is 37.0 Å². The summed E-state index contributed by atoms with van der Waals surface area (Å²) in [6, 6.07) is 0. The van der Waals surface area contributed by atoms with Crippen molar-refractivity contribution in [2.45, 2.75) is 86.0 Å². The second kappa shape index (κ2) is 9.16. The summed E-state index contributed by atoms with van der Waals surface area (Å²) in [7, 11) is 0. The predicted molar refractivity (Wildman–Crippen MR) is 88.9 cm³/mol. The first-order valence-electron chi connectivity index (χ1n) is 8.81. The molecule has 4 heteroatoms. The van der Waals surface area contributed by atoms with E-state index < -0.39 is 22.8 Å². The molecule has 0 heterocycles. The molecule has 0 fully saturated rings. The number of carboxylic acid groups (broad SMARTS) is 2. The zero-order valence-electron chi connectivity index (χ0n) is 14.9. The summed E-state index contributed by atoms with van der Waals surface area (Å²) in [5.41, 5.74) is -2.38. The van der Waals surface area contributed by atoms with Crippen molar-refractivity contribution in [1.82, 2.24) is 0 Å². The van der Waals surface area contributed by atoms with E-state index in [1.165, 1.54) is 0 Å². The molecule has 4 nitrogen and oxygen atoms in total. The van der Waals surface area contributed by atoms with Crippen LogP contribution in [0.5, 0.6) is 0 Å². The van der Waals surface area contributed by atoms with Crippen molar-refractivity contribution in [2.75, 3.05) is 0 Å². The summed E-state index contributed by atoms with van der Waals surface area (Å²) in [5.74, 6) is -2.23. The molecule has 0 aliphatic heterocycles. The minimum Gasteiger partial charge on any atom is -0.480 e. The van der Waals surface area contributed by atoms with Gasteiger partial charge in [0, 0.05) is 0 Å². The lowest BCUT2D eigenvalue weighted by Gasteiger charge is -2.49. The lowest BCUT2D eigenvalue weighted by molar-refractivity contribution is -0.183. The molecule has 22 heavy (non-hydrogen) atoms. The van der Waals surface area contributed by atoms with Crippen LogP contribution in [0.4, 0.5) is 0 Å². The van der Waals surface area contributed by atoms with Gasteiger partial charge >= 0.3 is 11.9 Å². The highest BCUT2D eigenvalue weighted by Gasteiger charge is 2.61. The van der Waals surface area contributed by atoms with Crippen LogP contribution in [0.15, 0.2) is 0 Å². The Hall–Kier alpha value is -1.06. The van der Waals surface area contributed by atoms with Gasteiger partial charge in [0.25, 0.3) is 0 Å². The van der Waals surface area contributed by atoms with Crippen molar-refractivity contribution in [3.8, 4) is 0 Å². The summed E-state index contributed by atoms with van der Waals surface area (Å²) < 4.78 is 0. The smallest absolute Gasteiger partial charge is 0.321 e. The third-order valence-corrected chi connectivity index (χ3v) is 5.80. The molecule has 0 spiro atoms. The summed E-state index contributed by atoms with van der Waals surface area (Å²) in [4.78, 5) is 24.1. The molecule has 0 rings (SSSR count). The van der Waals surface area contributed by atoms with Gasteiger partial charge in [-0.25, -0.2) is 0 Å². The van der Waals surface area contributed by atoms with Gasteiger partial charge in [0.2, 0.25) is 0 Å². The van der Waals surface area contributed by atoms with Crippen molar-refractivity contribution in [3.05, 3.63) is 0 Å². The molecular formula is C18H34O4. The molecule has 0 aliphatic rings. The van der Waals surface area contributed by atoms with Gasteiger partial charge in [0.1, 0.15) is 0 Å². The van der Waals surface area contributed by atoms with Crippen LogP contribution in [-0.2, 0) is 9.59 Å². The fourth-order valence-corrected chi connectivity index (χ4v) is 4.46. The van der Waals surface area contributed by atoms with Crippen molar-refractivity contribution < 1.29 is 19.8 Å². The molecule has 0 aromatic heterocycles. The lowest BCUT2D eigenvalue weighted by Crippen LogP contribution is -2.56. The topological polar surface area (TPSA) is 74.6 Å². The number of rotatable bonds is 12. The molecule has 0 saturated heterocycles. The molecular weight excluding hydrogens is 280 g/mol. The highest BCUT2D eigenvalue weighted by molar-refractivity contribution is 5.99. The van der Waals surface area contributed by atoms with Crippen molar-refractivity contribution >= 4 is 11.9 Å². The fraction of sp³-hybridized carbons (Fsp3) is 0.889. The third kappa shape index (κ3) is 3.47. The van der Waals surface area contributed by atoms with Crippen LogP contribution in [0.3, 0.4) is 0 Å². The molecule has 0 aliphatic carbocycles. The molecule has 2 N–H and O–H groups in total. The second-order valence-corrected chi connectivity index (χ2v) is 6.33. The van der Waals surface area contributed by atoms with E-state index in [-0.39, 0.29) is 12.3 Å². The van der Waals surface area contributed by atoms with Gasteiger partial charge in [-0.2, -0.15) is 0 Å². The van der Waals surface area contributed by atoms with Crippen molar-refractivity contribution in [1.29, 1.82) is 0 Å². The first-order valence-corrected chi connectivity index (χ1v) is 8.81. The van der Waals surface area contributed by atoms with Crippen LogP contribution >= 0.6 is 0 Å². The Kier molecular flexibility index (Phi) is 8.72. The highest BCUT2D eigenvalue weighted by Crippen LogP contribution is 2.55. The van der Waals surface area contributed by atoms with Crippen LogP contribution in [0, 0.1) is 16.7 Å². The van der Waals surface area contributed by atoms with E-state index >= 15 is 0 Å². The lowest BCUT2D eigenvalue weighted by atomic mass is 9.52. The van der Waals surface area contributed by atoms with Crippen molar-refractivity contribution in [3.63, 3.8) is 0 Å². The first-order chi connectivity index (χ1) is 10.3. The van der Waals surface area contributed by atoms with E-state index in [9.17, 15) is 19.8 Å². The van der Waals surface area contributed by atoms with E-state index in [1.54, 1.807) is 6.92 Å². The zero-order valence-corrected chi connectivity index (χ0v) is 14.9. The molecule has 0 aromatic carbocycles. The summed E-state index contributed by atoms with van der Waals surface area (Å²) in [6.07, 6.45) is 6.29. The normalized spacial score (nSPS) is 13.9. The first kappa shape index (κ1) is 20.9. The maximum Gasteiger partial charge on any atom is 0.321 e. The van der Waals surface area contributed by atoms with E-state index in [4.69, 9.17) is 0 Å². The van der Waals surface area contributed by atoms with Crippen LogP contribution in [0.1, 0.15) is 86.0 Å². The Balaban J connectivity index is 5.97. The number of carbonyl (C=O) groups is 2. The average molecular weight is 314 g/mol. The Morgan fingerprint density at radius 1 is 0.864 bits per heavy atom. The SMILES string of the molecule is CCCCCC(CC)C(CC)(CC)C(CC)(C(=O)O)C(=O)O. The van der Waals surface area contributed by atoms with Gasteiger partial charge in [-0.15, -0.1) is 0 Å². The molecule has 1 unspecified atom stereocenters. The van der Waals surface area contributed by atoms with Gasteiger partial charge in [-0.1, -0.05) is 60.3 Å². The van der Waals surface area contributed by atoms with Gasteiger partial charge in [0.05, 0.1) is 0 Å². The van der Waals surface area contributed by atoms with Gasteiger partial charge < -0.3 is 10.2 Å². The van der Waals surface area contributed by atoms with E-state index in [0.717, 1.165) is 32.1 Å². The highest BCUT2D eigenvalue weighted by atomic mass is 16.4.